The molecule has 0 atom stereocenters. The molecule has 0 amide bonds. The number of nitrogen functional groups attached to an aromatic ring is 2. The summed E-state index contributed by atoms with van der Waals surface area (Å²) in [6.45, 7) is 10.2. The lowest BCUT2D eigenvalue weighted by Crippen LogP contribution is -2.15. The van der Waals surface area contributed by atoms with Gasteiger partial charge in [0.15, 0.2) is 0 Å². The predicted octanol–water partition coefficient (Wildman–Crippen LogP) is 3.43. The Morgan fingerprint density at radius 1 is 0.680 bits per heavy atom. The van der Waals surface area contributed by atoms with Gasteiger partial charge in [-0.2, -0.15) is 0 Å². The second-order valence-electron chi connectivity index (χ2n) is 6.66. The maximum Gasteiger partial charge on any atom is 0.0344 e. The third-order valence-corrected chi connectivity index (χ3v) is 4.75. The van der Waals surface area contributed by atoms with Crippen molar-refractivity contribution in [3.63, 3.8) is 0 Å². The molecule has 0 saturated carbocycles. The van der Waals surface area contributed by atoms with E-state index in [4.69, 9.17) is 11.5 Å². The Hall–Kier alpha value is -3.00. The van der Waals surface area contributed by atoms with E-state index in [9.17, 15) is 0 Å². The number of benzene rings is 3. The molecule has 0 aromatic heterocycles. The number of hydrogen-bond donors (Lipinski definition) is 2. The van der Waals surface area contributed by atoms with Crippen LogP contribution in [-0.2, 0) is 0 Å². The molecule has 2 heteroatoms. The summed E-state index contributed by atoms with van der Waals surface area (Å²) in [4.78, 5) is 0. The summed E-state index contributed by atoms with van der Waals surface area (Å²) in [6.07, 6.45) is 0. The molecule has 3 rings (SSSR count). The fourth-order valence-electron chi connectivity index (χ4n) is 3.01. The highest BCUT2D eigenvalue weighted by Crippen LogP contribution is 2.26. The van der Waals surface area contributed by atoms with E-state index in [1.807, 2.05) is 26.0 Å². The van der Waals surface area contributed by atoms with Crippen molar-refractivity contribution in [3.05, 3.63) is 92.9 Å². The molecule has 0 radical (unpaired) electrons. The second kappa shape index (κ2) is 6.48. The molecule has 0 aliphatic rings. The Kier molecular flexibility index (Phi) is 4.37. The zero-order chi connectivity index (χ0) is 18.1. The quantitative estimate of drug-likeness (QED) is 0.708. The van der Waals surface area contributed by atoms with E-state index in [0.717, 1.165) is 38.8 Å². The molecule has 0 saturated heterocycles. The molecule has 4 N–H and O–H groups in total. The highest BCUT2D eigenvalue weighted by molar-refractivity contribution is 5.81. The molecule has 0 bridgehead atoms. The molecule has 0 aliphatic carbocycles. The van der Waals surface area contributed by atoms with E-state index in [0.29, 0.717) is 0 Å². The van der Waals surface area contributed by atoms with E-state index >= 15 is 0 Å². The van der Waals surface area contributed by atoms with Crippen LogP contribution < -0.4 is 21.9 Å². The molecule has 126 valence electrons. The highest BCUT2D eigenvalue weighted by Gasteiger charge is 2.09. The van der Waals surface area contributed by atoms with Crippen LogP contribution in [0.25, 0.3) is 12.2 Å². The minimum atomic E-state index is 0.806. The monoisotopic (exact) mass is 328 g/mol. The number of aryl methyl sites for hydroxylation is 3. The molecule has 0 unspecified atom stereocenters. The van der Waals surface area contributed by atoms with Gasteiger partial charge in [-0.1, -0.05) is 36.9 Å². The second-order valence-corrected chi connectivity index (χ2v) is 6.66. The maximum absolute atomic E-state index is 6.02. The summed E-state index contributed by atoms with van der Waals surface area (Å²) in [5.74, 6) is 0. The first-order chi connectivity index (χ1) is 11.9. The number of anilines is 2. The first-order valence-corrected chi connectivity index (χ1v) is 8.40. The Morgan fingerprint density at radius 2 is 1.20 bits per heavy atom. The minimum absolute atomic E-state index is 0.806. The maximum atomic E-state index is 6.02. The van der Waals surface area contributed by atoms with Crippen molar-refractivity contribution in [1.29, 1.82) is 0 Å². The van der Waals surface area contributed by atoms with Crippen LogP contribution in [0.5, 0.6) is 0 Å². The van der Waals surface area contributed by atoms with Crippen LogP contribution >= 0.6 is 0 Å². The van der Waals surface area contributed by atoms with E-state index in [2.05, 4.69) is 56.0 Å². The van der Waals surface area contributed by atoms with Crippen LogP contribution in [-0.4, -0.2) is 0 Å². The zero-order valence-electron chi connectivity index (χ0n) is 15.1. The molecule has 3 aromatic carbocycles. The molecular formula is C23H24N2. The van der Waals surface area contributed by atoms with E-state index < -0.39 is 0 Å². The van der Waals surface area contributed by atoms with Crippen molar-refractivity contribution in [3.8, 4) is 0 Å². The third kappa shape index (κ3) is 3.29. The number of rotatable bonds is 2. The van der Waals surface area contributed by atoms with E-state index in [1.54, 1.807) is 0 Å². The van der Waals surface area contributed by atoms with Crippen molar-refractivity contribution in [2.45, 2.75) is 20.8 Å². The van der Waals surface area contributed by atoms with Crippen molar-refractivity contribution in [1.82, 2.24) is 0 Å². The predicted molar refractivity (Wildman–Crippen MR) is 109 cm³/mol. The largest absolute Gasteiger partial charge is 0.399 e. The van der Waals surface area contributed by atoms with Crippen molar-refractivity contribution in [2.75, 3.05) is 11.5 Å². The fourth-order valence-corrected chi connectivity index (χ4v) is 3.01. The van der Waals surface area contributed by atoms with Gasteiger partial charge < -0.3 is 11.5 Å². The van der Waals surface area contributed by atoms with Gasteiger partial charge in [0, 0.05) is 11.4 Å². The molecule has 0 fully saturated rings. The molecule has 0 spiro atoms. The van der Waals surface area contributed by atoms with Gasteiger partial charge in [-0.05, 0) is 88.9 Å². The molecular weight excluding hydrogens is 304 g/mol. The fraction of sp³-hybridized carbons (Fsp3) is 0.130. The van der Waals surface area contributed by atoms with Crippen LogP contribution in [0.3, 0.4) is 0 Å². The first kappa shape index (κ1) is 16.8. The van der Waals surface area contributed by atoms with Gasteiger partial charge in [0.2, 0.25) is 0 Å². The smallest absolute Gasteiger partial charge is 0.0344 e. The summed E-state index contributed by atoms with van der Waals surface area (Å²) in [5, 5.41) is 2.21. The lowest BCUT2D eigenvalue weighted by molar-refractivity contribution is 1.36. The van der Waals surface area contributed by atoms with Gasteiger partial charge in [-0.3, -0.25) is 0 Å². The normalized spacial score (nSPS) is 10.7. The van der Waals surface area contributed by atoms with Gasteiger partial charge in [0.05, 0.1) is 0 Å². The average molecular weight is 328 g/mol. The van der Waals surface area contributed by atoms with Crippen molar-refractivity contribution in [2.24, 2.45) is 0 Å². The average Bonchev–Trinajstić information content (AvgIpc) is 2.57. The molecule has 25 heavy (non-hydrogen) atoms. The Balaban J connectivity index is 2.39. The van der Waals surface area contributed by atoms with Crippen LogP contribution in [0.2, 0.25) is 0 Å². The number of hydrogen-bond acceptors (Lipinski definition) is 2. The van der Waals surface area contributed by atoms with Crippen LogP contribution in [0.4, 0.5) is 11.4 Å². The first-order valence-electron chi connectivity index (χ1n) is 8.40. The number of nitrogens with two attached hydrogens (primary N) is 2. The SMILES string of the molecule is C=c1ccc(=C(c2ccc(N)c(C)c2)c2ccc(N)c(C)c2)cc1C. The van der Waals surface area contributed by atoms with Crippen molar-refractivity contribution < 1.29 is 0 Å². The third-order valence-electron chi connectivity index (χ3n) is 4.75. The summed E-state index contributed by atoms with van der Waals surface area (Å²) in [5.41, 5.74) is 20.4. The van der Waals surface area contributed by atoms with E-state index in [1.165, 1.54) is 16.4 Å². The van der Waals surface area contributed by atoms with Gasteiger partial charge in [-0.15, -0.1) is 0 Å². The van der Waals surface area contributed by atoms with Gasteiger partial charge in [0.1, 0.15) is 0 Å². The Labute approximate surface area is 149 Å². The summed E-state index contributed by atoms with van der Waals surface area (Å²) in [7, 11) is 0. The molecule has 0 heterocycles. The highest BCUT2D eigenvalue weighted by atomic mass is 14.6. The van der Waals surface area contributed by atoms with Crippen LogP contribution in [0, 0.1) is 20.8 Å². The molecule has 0 aliphatic heterocycles. The molecule has 3 aromatic rings. The summed E-state index contributed by atoms with van der Waals surface area (Å²) in [6, 6.07) is 18.8. The van der Waals surface area contributed by atoms with Crippen LogP contribution in [0.1, 0.15) is 27.8 Å². The zero-order valence-corrected chi connectivity index (χ0v) is 15.1. The Morgan fingerprint density at radius 3 is 1.64 bits per heavy atom. The lowest BCUT2D eigenvalue weighted by atomic mass is 9.92. The topological polar surface area (TPSA) is 52.0 Å². The van der Waals surface area contributed by atoms with Gasteiger partial charge in [0.25, 0.3) is 0 Å². The molecule has 2 nitrogen and oxygen atoms in total. The van der Waals surface area contributed by atoms with Gasteiger partial charge in [-0.25, -0.2) is 0 Å². The standard InChI is InChI=1S/C23H24N2/c1-14-5-6-18(11-15(14)2)23(19-7-9-21(24)16(3)12-19)20-8-10-22(25)17(4)13-20/h5-13H,1,24-25H2,2-4H3. The summed E-state index contributed by atoms with van der Waals surface area (Å²) < 4.78 is 0. The lowest BCUT2D eigenvalue weighted by Gasteiger charge is -2.13. The minimum Gasteiger partial charge on any atom is -0.399 e. The van der Waals surface area contributed by atoms with Gasteiger partial charge >= 0.3 is 0 Å². The van der Waals surface area contributed by atoms with Crippen LogP contribution in [0.15, 0.2) is 54.6 Å². The van der Waals surface area contributed by atoms with E-state index in [-0.39, 0.29) is 0 Å². The summed E-state index contributed by atoms with van der Waals surface area (Å²) >= 11 is 0. The Bertz CT molecular complexity index is 1010. The van der Waals surface area contributed by atoms with Crippen molar-refractivity contribution >= 4 is 23.5 Å².